The van der Waals surface area contributed by atoms with Crippen LogP contribution in [0.1, 0.15) is 114 Å². The number of sulfone groups is 1. The lowest BCUT2D eigenvalue weighted by atomic mass is 9.84. The van der Waals surface area contributed by atoms with Crippen LogP contribution in [0.2, 0.25) is 0 Å². The molecule has 18 nitrogen and oxygen atoms in total. The van der Waals surface area contributed by atoms with Crippen LogP contribution in [0.5, 0.6) is 5.75 Å². The predicted molar refractivity (Wildman–Crippen MR) is 314 cm³/mol. The third-order valence-corrected chi connectivity index (χ3v) is 19.1. The summed E-state index contributed by atoms with van der Waals surface area (Å²) in [7, 11) is 0.174. The summed E-state index contributed by atoms with van der Waals surface area (Å²) in [4.78, 5) is 67.2. The number of phenolic OH excluding ortho intramolecular Hbond substituents is 1. The number of aryl methyl sites for hydroxylation is 1. The number of pyridine rings is 1. The number of nitrogens with one attached hydrogen (secondary N) is 2. The molecule has 0 spiro atoms. The first-order valence-corrected chi connectivity index (χ1v) is 30.7. The highest BCUT2D eigenvalue weighted by molar-refractivity contribution is 7.91. The fourth-order valence-electron chi connectivity index (χ4n) is 13.1. The van der Waals surface area contributed by atoms with Crippen molar-refractivity contribution in [1.82, 2.24) is 35.1 Å². The molecule has 0 aliphatic carbocycles. The molecule has 82 heavy (non-hydrogen) atoms. The van der Waals surface area contributed by atoms with E-state index in [1.807, 2.05) is 45.0 Å². The molecule has 3 amide bonds. The molecule has 19 heteroatoms. The van der Waals surface area contributed by atoms with Crippen LogP contribution in [0.15, 0.2) is 72.9 Å². The minimum atomic E-state index is -3.07. The zero-order valence-electron chi connectivity index (χ0n) is 48.4. The highest BCUT2D eigenvalue weighted by Crippen LogP contribution is 2.43. The maximum absolute atomic E-state index is 15.0. The van der Waals surface area contributed by atoms with Crippen molar-refractivity contribution in [2.45, 2.75) is 141 Å². The second-order valence-electron chi connectivity index (χ2n) is 24.2. The van der Waals surface area contributed by atoms with Crippen molar-refractivity contribution < 1.29 is 46.9 Å². The molecule has 5 aliphatic heterocycles. The molecule has 5 N–H and O–H groups in total. The number of fused-ring (bicyclic) bond motifs is 8. The number of anilines is 1. The zero-order chi connectivity index (χ0) is 58.4. The molecule has 436 valence electrons. The van der Waals surface area contributed by atoms with Gasteiger partial charge in [-0.1, -0.05) is 63.8 Å². The van der Waals surface area contributed by atoms with E-state index in [2.05, 4.69) is 71.0 Å². The van der Waals surface area contributed by atoms with Gasteiger partial charge in [-0.05, 0) is 129 Å². The van der Waals surface area contributed by atoms with E-state index in [1.165, 1.54) is 9.91 Å². The molecule has 7 heterocycles. The molecule has 4 fully saturated rings. The summed E-state index contributed by atoms with van der Waals surface area (Å²) >= 11 is 0. The van der Waals surface area contributed by atoms with Gasteiger partial charge >= 0.3 is 5.97 Å². The van der Waals surface area contributed by atoms with Crippen LogP contribution in [-0.2, 0) is 62.6 Å². The first-order valence-electron chi connectivity index (χ1n) is 28.9. The van der Waals surface area contributed by atoms with Crippen molar-refractivity contribution in [3.8, 4) is 40.0 Å². The Balaban J connectivity index is 1.03. The molecule has 0 radical (unpaired) electrons. The fraction of sp³-hybridized carbons (Fsp3) is 0.508. The standard InChI is InChI=1S/C63H78N8O10S/c1-9-69-54-21-16-42-31-49(54)51(57(69)50-28-39(33-65-55(50)38(4)79-8)12-10-23-70-45-19-20-46(70)35-82(77,78)34-45)32-63(5,6)36-81-62(76)52-13-11-24-71(67-52)60(74)53(29-40-26-43(42)30-47(72)27-40)66-59(73)56(37(2)3)68(7)61(75)58-48(22-25-80-58)41-14-17-44(64)18-15-41/h14-18,21,26-28,30-31,33,37-38,45-46,48,52-53,56,58,67,72H,9,11,13,19-20,22-25,29,32,34-36,64H2,1-8H3,(H,66,73)/t38-,45?,46?,48+,52-,53-,56-,58+/m0/s1. The molecule has 5 aromatic rings. The maximum Gasteiger partial charge on any atom is 0.324 e. The second-order valence-corrected chi connectivity index (χ2v) is 26.3. The molecule has 8 bridgehead atoms. The normalized spacial score (nSPS) is 24.3. The Hall–Kier alpha value is -6.82. The number of carbonyl (C=O) groups excluding carboxylic acids is 4. The van der Waals surface area contributed by atoms with Gasteiger partial charge in [0.2, 0.25) is 5.91 Å². The molecule has 0 saturated carbocycles. The Bertz CT molecular complexity index is 3420. The summed E-state index contributed by atoms with van der Waals surface area (Å²) in [6, 6.07) is 17.7. The number of nitrogen functional groups attached to an aromatic ring is 1. The molecule has 10 rings (SSSR count). The van der Waals surface area contributed by atoms with E-state index in [9.17, 15) is 32.7 Å². The molecule has 4 saturated heterocycles. The van der Waals surface area contributed by atoms with Gasteiger partial charge in [0.15, 0.2) is 9.84 Å². The number of nitrogens with zero attached hydrogens (tertiary/aromatic N) is 5. The summed E-state index contributed by atoms with van der Waals surface area (Å²) in [6.07, 6.45) is 4.14. The molecular weight excluding hydrogens is 1060 g/mol. The number of hydrazine groups is 1. The van der Waals surface area contributed by atoms with Crippen LogP contribution in [-0.4, -0.2) is 150 Å². The first kappa shape index (κ1) is 58.4. The van der Waals surface area contributed by atoms with Crippen molar-refractivity contribution in [2.75, 3.05) is 57.7 Å². The number of aromatic nitrogens is 2. The molecule has 5 aliphatic rings. The van der Waals surface area contributed by atoms with Crippen LogP contribution in [0.25, 0.3) is 33.3 Å². The lowest BCUT2D eigenvalue weighted by Gasteiger charge is -2.37. The summed E-state index contributed by atoms with van der Waals surface area (Å²) < 4.78 is 45.7. The highest BCUT2D eigenvalue weighted by atomic mass is 32.2. The molecular formula is C63H78N8O10S. The number of rotatable bonds is 11. The van der Waals surface area contributed by atoms with Gasteiger partial charge in [-0.15, -0.1) is 0 Å². The summed E-state index contributed by atoms with van der Waals surface area (Å²) in [5, 5.41) is 16.9. The van der Waals surface area contributed by atoms with Gasteiger partial charge in [0.25, 0.3) is 11.8 Å². The van der Waals surface area contributed by atoms with Crippen LogP contribution in [0, 0.1) is 23.2 Å². The Kier molecular flexibility index (Phi) is 16.9. The Morgan fingerprint density at radius 3 is 2.45 bits per heavy atom. The minimum absolute atomic E-state index is 0.0267. The lowest BCUT2D eigenvalue weighted by Crippen LogP contribution is -2.62. The predicted octanol–water partition coefficient (Wildman–Crippen LogP) is 6.70. The van der Waals surface area contributed by atoms with Crippen molar-refractivity contribution in [3.63, 3.8) is 0 Å². The number of carbonyl (C=O) groups is 4. The number of methoxy groups -OCH3 is 1. The van der Waals surface area contributed by atoms with Crippen molar-refractivity contribution in [2.24, 2.45) is 11.3 Å². The monoisotopic (exact) mass is 1140 g/mol. The van der Waals surface area contributed by atoms with E-state index in [0.29, 0.717) is 67.8 Å². The van der Waals surface area contributed by atoms with Gasteiger partial charge < -0.3 is 39.8 Å². The van der Waals surface area contributed by atoms with E-state index >= 15 is 0 Å². The van der Waals surface area contributed by atoms with Crippen molar-refractivity contribution in [3.05, 3.63) is 101 Å². The van der Waals surface area contributed by atoms with E-state index in [-0.39, 0.29) is 66.7 Å². The summed E-state index contributed by atoms with van der Waals surface area (Å²) in [5.74, 6) is 4.50. The highest BCUT2D eigenvalue weighted by Gasteiger charge is 2.44. The molecule has 2 aromatic heterocycles. The van der Waals surface area contributed by atoms with Crippen LogP contribution in [0.3, 0.4) is 0 Å². The molecule has 3 aromatic carbocycles. The second kappa shape index (κ2) is 23.8. The zero-order valence-corrected chi connectivity index (χ0v) is 49.2. The molecule has 2 unspecified atom stereocenters. The smallest absolute Gasteiger partial charge is 0.324 e. The van der Waals surface area contributed by atoms with E-state index in [4.69, 9.17) is 24.9 Å². The first-order chi connectivity index (χ1) is 39.1. The number of likely N-dealkylation sites (N-methyl/N-ethyl adjacent to an activating group) is 1. The van der Waals surface area contributed by atoms with Crippen LogP contribution >= 0.6 is 0 Å². The molecule has 8 atom stereocenters. The Morgan fingerprint density at radius 1 is 1.00 bits per heavy atom. The van der Waals surface area contributed by atoms with E-state index < -0.39 is 63.4 Å². The van der Waals surface area contributed by atoms with Crippen LogP contribution < -0.4 is 16.5 Å². The Labute approximate surface area is 481 Å². The fourth-order valence-corrected chi connectivity index (χ4v) is 15.2. The van der Waals surface area contributed by atoms with Gasteiger partial charge in [-0.25, -0.2) is 13.8 Å². The number of cyclic esters (lactones) is 1. The average molecular weight is 1140 g/mol. The quantitative estimate of drug-likeness (QED) is 0.0613. The number of nitrogens with two attached hydrogens (primary N) is 1. The average Bonchev–Trinajstić information content (AvgIpc) is 3.06. The number of amides is 3. The van der Waals surface area contributed by atoms with Crippen molar-refractivity contribution in [1.29, 1.82) is 0 Å². The van der Waals surface area contributed by atoms with E-state index in [1.54, 1.807) is 44.6 Å². The summed E-state index contributed by atoms with van der Waals surface area (Å²) in [5.41, 5.74) is 17.2. The minimum Gasteiger partial charge on any atom is -0.508 e. The number of hydrogen-bond acceptors (Lipinski definition) is 14. The van der Waals surface area contributed by atoms with E-state index in [0.717, 1.165) is 57.4 Å². The largest absolute Gasteiger partial charge is 0.508 e. The summed E-state index contributed by atoms with van der Waals surface area (Å²) in [6.45, 7) is 13.6. The number of esters is 1. The van der Waals surface area contributed by atoms with Gasteiger partial charge in [-0.3, -0.25) is 34.1 Å². The SMILES string of the molecule is CCn1c(-c2cc(C#CCN3C4CCC3CS(=O)(=O)C4)cnc2[C@H](C)OC)c2c3cc(ccc31)-c1cc(O)cc(c1)C[C@H](NC(=O)[C@H](C(C)C)N(C)C(=O)[C@@H]1OCC[C@@H]1c1ccc(N)cc1)C(=O)N1CCC[C@H](N1)C(=O)OCC(C)(C)C2. The number of ether oxygens (including phenoxy) is 3. The van der Waals surface area contributed by atoms with Gasteiger partial charge in [0, 0.05) is 97.6 Å². The van der Waals surface area contributed by atoms with Gasteiger partial charge in [0.1, 0.15) is 30.0 Å². The third kappa shape index (κ3) is 12.1. The van der Waals surface area contributed by atoms with Crippen molar-refractivity contribution >= 4 is 50.1 Å². The Morgan fingerprint density at radius 2 is 1.74 bits per heavy atom. The van der Waals surface area contributed by atoms with Crippen LogP contribution in [0.4, 0.5) is 5.69 Å². The number of benzene rings is 3. The van der Waals surface area contributed by atoms with Gasteiger partial charge in [-0.2, -0.15) is 0 Å². The number of aromatic hydroxyl groups is 1. The third-order valence-electron chi connectivity index (χ3n) is 17.3. The topological polar surface area (TPSA) is 228 Å². The lowest BCUT2D eigenvalue weighted by molar-refractivity contribution is -0.155. The van der Waals surface area contributed by atoms with Gasteiger partial charge in [0.05, 0.1) is 42.1 Å². The maximum atomic E-state index is 15.0. The number of phenols is 1. The number of hydrogen-bond donors (Lipinski definition) is 4.